The second-order valence-electron chi connectivity index (χ2n) is 21.0. The Kier molecular flexibility index (Phi) is 39.5. The van der Waals surface area contributed by atoms with Crippen LogP contribution in [-0.4, -0.2) is 0 Å². The van der Waals surface area contributed by atoms with Gasteiger partial charge in [-0.3, -0.25) is 0 Å². The van der Waals surface area contributed by atoms with Gasteiger partial charge in [-0.2, -0.15) is 0 Å². The van der Waals surface area contributed by atoms with E-state index in [2.05, 4.69) is 190 Å². The molecule has 4 aromatic carbocycles. The number of allylic oxidation sites excluding steroid dienone is 16. The first-order chi connectivity index (χ1) is 36.0. The van der Waals surface area contributed by atoms with E-state index in [0.717, 1.165) is 77.0 Å². The molecule has 0 fully saturated rings. The van der Waals surface area contributed by atoms with Crippen LogP contribution < -0.4 is 0 Å². The van der Waals surface area contributed by atoms with Crippen molar-refractivity contribution in [1.29, 1.82) is 0 Å². The fourth-order valence-electron chi connectivity index (χ4n) is 11.1. The number of hydrogen-bond acceptors (Lipinski definition) is 0. The third-order valence-corrected chi connectivity index (χ3v) is 16.4. The molecule has 10 rings (SSSR count). The summed E-state index contributed by atoms with van der Waals surface area (Å²) in [5, 5.41) is 0. The quantitative estimate of drug-likeness (QED) is 0.139. The number of rotatable bonds is 10. The molecule has 6 aliphatic carbocycles. The van der Waals surface area contributed by atoms with Gasteiger partial charge < -0.3 is 29.7 Å². The Labute approximate surface area is 547 Å². The van der Waals surface area contributed by atoms with E-state index in [9.17, 15) is 0 Å². The molecule has 0 radical (unpaired) electrons. The molecule has 0 spiro atoms. The van der Waals surface area contributed by atoms with Crippen molar-refractivity contribution in [3.63, 3.8) is 0 Å². The second kappa shape index (κ2) is 40.1. The molecule has 6 aliphatic rings. The smallest absolute Gasteiger partial charge is 0.358 e. The van der Waals surface area contributed by atoms with Crippen molar-refractivity contribution >= 4 is 22.3 Å². The average molecular weight is 1230 g/mol. The summed E-state index contributed by atoms with van der Waals surface area (Å²) in [6.07, 6.45) is 36.6. The van der Waals surface area contributed by atoms with Crippen molar-refractivity contribution in [2.75, 3.05) is 0 Å². The summed E-state index contributed by atoms with van der Waals surface area (Å²) in [7, 11) is 0. The van der Waals surface area contributed by atoms with Crippen LogP contribution >= 0.6 is 0 Å². The molecule has 0 aliphatic heterocycles. The van der Waals surface area contributed by atoms with E-state index in [1.54, 1.807) is 50.1 Å². The number of hydrogen-bond donors (Lipinski definition) is 0. The van der Waals surface area contributed by atoms with Crippen LogP contribution in [0.4, 0.5) is 0 Å². The molecule has 2 heteroatoms. The van der Waals surface area contributed by atoms with Gasteiger partial charge in [0.15, 0.2) is 0 Å². The summed E-state index contributed by atoms with van der Waals surface area (Å²) in [5.74, 6) is 2.72. The zero-order chi connectivity index (χ0) is 53.9. The van der Waals surface area contributed by atoms with Gasteiger partial charge in [0.2, 0.25) is 0 Å². The number of benzene rings is 4. The maximum absolute atomic E-state index is 2.50. The molecule has 0 amide bonds. The average Bonchev–Trinajstić information content (AvgIpc) is 4.30. The molecule has 4 aromatic rings. The van der Waals surface area contributed by atoms with Gasteiger partial charge in [0.05, 0.1) is 0 Å². The van der Waals surface area contributed by atoms with E-state index < -0.39 is 0 Å². The van der Waals surface area contributed by atoms with E-state index in [1.807, 2.05) is 55.4 Å². The summed E-state index contributed by atoms with van der Waals surface area (Å²) in [6, 6.07) is 29.0. The van der Waals surface area contributed by atoms with Crippen LogP contribution in [0, 0.1) is 66.2 Å². The van der Waals surface area contributed by atoms with Crippen LogP contribution in [-0.2, 0) is 117 Å². The van der Waals surface area contributed by atoms with Gasteiger partial charge in [-0.25, -0.2) is 36.1 Å². The second-order valence-corrected chi connectivity index (χ2v) is 21.0. The van der Waals surface area contributed by atoms with Crippen LogP contribution in [0.25, 0.3) is 22.3 Å². The first-order valence-corrected chi connectivity index (χ1v) is 29.7. The fraction of sp³-hybridized carbons (Fsp3) is 0.410. The Bertz CT molecular complexity index is 2750. The SMILES string of the molecule is CC.CC.CC.CC.C[CH-]C1=CC=C(c2ccc3c(c2)CCc2cc(C4=CC=C(C(C)C(C)C)C4)ccc2CC3)C1.C[CH-]C1=CC=C(c2ccc3c(c2)CCc2ccc(C4=CC=C(C(C)C(C)C)C4)cc2CC3)C1.[CH3-].[CH3-].[CH3-].[CH3-].[Y+3].[Y+3]. The molecule has 0 saturated carbocycles. The van der Waals surface area contributed by atoms with E-state index >= 15 is 0 Å². The molecule has 2 atom stereocenters. The third kappa shape index (κ3) is 20.5. The van der Waals surface area contributed by atoms with E-state index in [0.29, 0.717) is 23.7 Å². The van der Waals surface area contributed by atoms with Gasteiger partial charge >= 0.3 is 65.4 Å². The Hall–Kier alpha value is -3.25. The van der Waals surface area contributed by atoms with Gasteiger partial charge in [-0.15, -0.1) is 26.0 Å². The molecule has 0 heterocycles. The predicted octanol–water partition coefficient (Wildman–Crippen LogP) is 22.9. The van der Waals surface area contributed by atoms with Gasteiger partial charge in [-0.1, -0.05) is 216 Å². The van der Waals surface area contributed by atoms with Gasteiger partial charge in [0, 0.05) is 0 Å². The summed E-state index contributed by atoms with van der Waals surface area (Å²) in [6.45, 7) is 34.3. The molecule has 2 unspecified atom stereocenters. The molecule has 80 heavy (non-hydrogen) atoms. The summed E-state index contributed by atoms with van der Waals surface area (Å²) >= 11 is 0. The summed E-state index contributed by atoms with van der Waals surface area (Å²) in [4.78, 5) is 0. The van der Waals surface area contributed by atoms with Crippen molar-refractivity contribution < 1.29 is 65.4 Å². The number of aryl methyl sites for hydroxylation is 8. The maximum atomic E-state index is 2.50. The van der Waals surface area contributed by atoms with Gasteiger partial charge in [-0.05, 0) is 179 Å². The minimum atomic E-state index is 0. The van der Waals surface area contributed by atoms with Gasteiger partial charge in [0.1, 0.15) is 0 Å². The minimum Gasteiger partial charge on any atom is -0.358 e. The monoisotopic (exact) mass is 1220 g/mol. The van der Waals surface area contributed by atoms with Crippen LogP contribution in [0.3, 0.4) is 0 Å². The Morgan fingerprint density at radius 1 is 0.300 bits per heavy atom. The molecule has 428 valence electrons. The summed E-state index contributed by atoms with van der Waals surface area (Å²) in [5.41, 5.74) is 30.0. The molecule has 0 bridgehead atoms. The number of fused-ring (bicyclic) bond motifs is 4. The zero-order valence-corrected chi connectivity index (χ0v) is 60.3. The molecule has 0 saturated heterocycles. The molecular formula is C78H110Y2. The maximum Gasteiger partial charge on any atom is 3.00 e. The predicted molar refractivity (Wildman–Crippen MR) is 357 cm³/mol. The first kappa shape index (κ1) is 78.8. The van der Waals surface area contributed by atoms with Crippen molar-refractivity contribution in [3.8, 4) is 0 Å². The van der Waals surface area contributed by atoms with Crippen molar-refractivity contribution in [2.45, 2.75) is 188 Å². The van der Waals surface area contributed by atoms with E-state index in [-0.39, 0.29) is 95.1 Å². The molecular weight excluding hydrogens is 1110 g/mol. The Morgan fingerprint density at radius 2 is 0.525 bits per heavy atom. The summed E-state index contributed by atoms with van der Waals surface area (Å²) < 4.78 is 0. The third-order valence-electron chi connectivity index (χ3n) is 16.4. The van der Waals surface area contributed by atoms with Crippen molar-refractivity contribution in [1.82, 2.24) is 0 Å². The topological polar surface area (TPSA) is 0 Å². The van der Waals surface area contributed by atoms with Crippen LogP contribution in [0.2, 0.25) is 0 Å². The van der Waals surface area contributed by atoms with Crippen LogP contribution in [0.5, 0.6) is 0 Å². The minimum absolute atomic E-state index is 0. The fourth-order valence-corrected chi connectivity index (χ4v) is 11.1. The Morgan fingerprint density at radius 3 is 0.750 bits per heavy atom. The van der Waals surface area contributed by atoms with Crippen LogP contribution in [0.15, 0.2) is 144 Å². The normalized spacial score (nSPS) is 15.5. The standard InChI is InChI=1S/2C33H37.4C2H6.4CH3.2Y/c1-5-24-6-7-28(18-24)32-15-10-25-9-14-30-21-33(16-11-26(30)8-13-29(25)20-32)31-17-12-27(19-31)23(4)22(2)3;1-5-24-6-7-28(18-24)32-13-10-25-8-9-26-11-14-33(21-30(26)17-16-29(25)20-32)31-15-12-27(19-31)23(4)22(2)3;4*1-2;;;;;;/h5-7,10-12,15-17,20-23H,8-9,13-14,18-19H2,1-4H3;5-7,10-15,20-23H,8-9,16-19H2,1-4H3;4*1-2H3;4*1H3;;/q2*-1;;;;;4*-1;2*+3. The van der Waals surface area contributed by atoms with E-state index in [1.165, 1.54) is 61.3 Å². The van der Waals surface area contributed by atoms with Crippen molar-refractivity contribution in [3.05, 3.63) is 253 Å². The van der Waals surface area contributed by atoms with Crippen LogP contribution in [0.1, 0.15) is 203 Å². The van der Waals surface area contributed by atoms with E-state index in [4.69, 9.17) is 0 Å². The molecule has 0 aromatic heterocycles. The van der Waals surface area contributed by atoms with Gasteiger partial charge in [0.25, 0.3) is 0 Å². The zero-order valence-electron chi connectivity index (χ0n) is 54.7. The van der Waals surface area contributed by atoms with Crippen molar-refractivity contribution in [2.24, 2.45) is 23.7 Å². The molecule has 0 N–H and O–H groups in total. The Balaban J connectivity index is 0. The molecule has 0 nitrogen and oxygen atoms in total. The first-order valence-electron chi connectivity index (χ1n) is 29.7. The largest absolute Gasteiger partial charge is 3.00 e.